The largest absolute Gasteiger partial charge is 0.356 e. The average molecular weight is 362 g/mol. The number of aryl methyl sites for hydroxylation is 1. The molecule has 0 aromatic carbocycles. The van der Waals surface area contributed by atoms with Crippen molar-refractivity contribution in [1.29, 1.82) is 0 Å². The summed E-state index contributed by atoms with van der Waals surface area (Å²) in [6.45, 7) is 2.04. The molecule has 1 aliphatic carbocycles. The highest BCUT2D eigenvalue weighted by Crippen LogP contribution is 2.30. The van der Waals surface area contributed by atoms with E-state index in [0.29, 0.717) is 10.9 Å². The molecule has 1 saturated carbocycles. The van der Waals surface area contributed by atoms with Crippen LogP contribution in [0.1, 0.15) is 31.4 Å². The molecule has 1 aromatic rings. The Kier molecular flexibility index (Phi) is 4.47. The van der Waals surface area contributed by atoms with Crippen LogP contribution >= 0.6 is 31.9 Å². The summed E-state index contributed by atoms with van der Waals surface area (Å²) in [4.78, 5) is 7.55. The van der Waals surface area contributed by atoms with E-state index in [4.69, 9.17) is 0 Å². The molecular weight excluding hydrogens is 344 g/mol. The lowest BCUT2D eigenvalue weighted by atomic mass is 9.94. The number of rotatable bonds is 2. The molecule has 1 fully saturated rings. The summed E-state index contributed by atoms with van der Waals surface area (Å²) in [5.74, 6) is 1.07. The Labute approximate surface area is 120 Å². The highest BCUT2D eigenvalue weighted by atomic mass is 79.9. The van der Waals surface area contributed by atoms with Crippen LogP contribution < -0.4 is 4.90 Å². The maximum atomic E-state index is 4.64. The van der Waals surface area contributed by atoms with E-state index >= 15 is 0 Å². The monoisotopic (exact) mass is 360 g/mol. The Morgan fingerprint density at radius 2 is 2.00 bits per heavy atom. The highest BCUT2D eigenvalue weighted by molar-refractivity contribution is 9.10. The summed E-state index contributed by atoms with van der Waals surface area (Å²) in [5.41, 5.74) is 1.05. The van der Waals surface area contributed by atoms with Gasteiger partial charge in [0.15, 0.2) is 0 Å². The number of pyridine rings is 1. The van der Waals surface area contributed by atoms with Crippen molar-refractivity contribution in [2.45, 2.75) is 43.5 Å². The van der Waals surface area contributed by atoms with E-state index in [-0.39, 0.29) is 0 Å². The molecule has 2 unspecified atom stereocenters. The van der Waals surface area contributed by atoms with E-state index in [9.17, 15) is 0 Å². The third-order valence-electron chi connectivity index (χ3n) is 3.51. The first kappa shape index (κ1) is 13.3. The van der Waals surface area contributed by atoms with Gasteiger partial charge in [0.25, 0.3) is 0 Å². The normalized spacial score (nSPS) is 24.7. The van der Waals surface area contributed by atoms with E-state index in [1.165, 1.54) is 25.7 Å². The molecule has 0 spiro atoms. The minimum atomic E-state index is 0.567. The van der Waals surface area contributed by atoms with Crippen LogP contribution in [0.2, 0.25) is 0 Å². The van der Waals surface area contributed by atoms with Gasteiger partial charge in [-0.3, -0.25) is 0 Å². The van der Waals surface area contributed by atoms with Crippen molar-refractivity contribution in [3.8, 4) is 0 Å². The molecule has 2 rings (SSSR count). The Hall–Kier alpha value is -0.0900. The first-order valence-corrected chi connectivity index (χ1v) is 7.80. The number of hydrogen-bond acceptors (Lipinski definition) is 2. The van der Waals surface area contributed by atoms with Gasteiger partial charge < -0.3 is 4.90 Å². The summed E-state index contributed by atoms with van der Waals surface area (Å²) in [7, 11) is 2.15. The average Bonchev–Trinajstić information content (AvgIpc) is 2.32. The summed E-state index contributed by atoms with van der Waals surface area (Å²) >= 11 is 7.30. The molecule has 1 heterocycles. The van der Waals surface area contributed by atoms with E-state index in [1.54, 1.807) is 0 Å². The van der Waals surface area contributed by atoms with Crippen LogP contribution in [0.25, 0.3) is 0 Å². The predicted octanol–water partition coefficient (Wildman–Crippen LogP) is 4.29. The summed E-state index contributed by atoms with van der Waals surface area (Å²) < 4.78 is 1.08. The smallest absolute Gasteiger partial charge is 0.128 e. The third kappa shape index (κ3) is 3.02. The predicted molar refractivity (Wildman–Crippen MR) is 80.0 cm³/mol. The molecule has 0 N–H and O–H groups in total. The molecule has 4 heteroatoms. The second kappa shape index (κ2) is 5.70. The van der Waals surface area contributed by atoms with Gasteiger partial charge in [-0.05, 0) is 47.8 Å². The Bertz CT molecular complexity index is 395. The minimum absolute atomic E-state index is 0.567. The van der Waals surface area contributed by atoms with Crippen molar-refractivity contribution in [1.82, 2.24) is 4.98 Å². The molecule has 0 bridgehead atoms. The highest BCUT2D eigenvalue weighted by Gasteiger charge is 2.27. The van der Waals surface area contributed by atoms with Crippen molar-refractivity contribution in [2.75, 3.05) is 11.9 Å². The summed E-state index contributed by atoms with van der Waals surface area (Å²) in [6, 6.07) is 4.74. The van der Waals surface area contributed by atoms with Gasteiger partial charge in [-0.2, -0.15) is 0 Å². The second-order valence-electron chi connectivity index (χ2n) is 4.72. The first-order valence-electron chi connectivity index (χ1n) is 6.09. The van der Waals surface area contributed by atoms with Gasteiger partial charge in [0.2, 0.25) is 0 Å². The Morgan fingerprint density at radius 1 is 1.29 bits per heavy atom. The quantitative estimate of drug-likeness (QED) is 0.730. The second-order valence-corrected chi connectivity index (χ2v) is 6.75. The standard InChI is InChI=1S/C13H18Br2N2/c1-9-10(14)7-8-13(16-9)17(2)12-6-4-3-5-11(12)15/h7-8,11-12H,3-6H2,1-2H3. The summed E-state index contributed by atoms with van der Waals surface area (Å²) in [5, 5.41) is 0. The Balaban J connectivity index is 2.17. The van der Waals surface area contributed by atoms with Crippen molar-refractivity contribution in [3.05, 3.63) is 22.3 Å². The molecule has 2 atom stereocenters. The fourth-order valence-corrected chi connectivity index (χ4v) is 3.56. The van der Waals surface area contributed by atoms with Gasteiger partial charge in [0, 0.05) is 22.4 Å². The maximum absolute atomic E-state index is 4.64. The molecule has 0 saturated heterocycles. The molecule has 1 aliphatic rings. The van der Waals surface area contributed by atoms with Crippen LogP contribution in [0, 0.1) is 6.92 Å². The van der Waals surface area contributed by atoms with Crippen molar-refractivity contribution >= 4 is 37.7 Å². The van der Waals surface area contributed by atoms with E-state index in [0.717, 1.165) is 16.0 Å². The zero-order valence-electron chi connectivity index (χ0n) is 10.3. The fourth-order valence-electron chi connectivity index (χ4n) is 2.40. The third-order valence-corrected chi connectivity index (χ3v) is 5.42. The zero-order valence-corrected chi connectivity index (χ0v) is 13.5. The van der Waals surface area contributed by atoms with E-state index < -0.39 is 0 Å². The van der Waals surface area contributed by atoms with Crippen molar-refractivity contribution in [3.63, 3.8) is 0 Å². The van der Waals surface area contributed by atoms with Gasteiger partial charge >= 0.3 is 0 Å². The SMILES string of the molecule is Cc1nc(N(C)C2CCCCC2Br)ccc1Br. The molecule has 1 aromatic heterocycles. The van der Waals surface area contributed by atoms with Crippen molar-refractivity contribution in [2.24, 2.45) is 0 Å². The zero-order chi connectivity index (χ0) is 12.4. The number of anilines is 1. The molecule has 0 amide bonds. The maximum Gasteiger partial charge on any atom is 0.128 e. The lowest BCUT2D eigenvalue weighted by molar-refractivity contribution is 0.442. The topological polar surface area (TPSA) is 16.1 Å². The fraction of sp³-hybridized carbons (Fsp3) is 0.615. The summed E-state index contributed by atoms with van der Waals surface area (Å²) in [6.07, 6.45) is 5.19. The van der Waals surface area contributed by atoms with Gasteiger partial charge in [-0.15, -0.1) is 0 Å². The number of aromatic nitrogens is 1. The Morgan fingerprint density at radius 3 is 2.65 bits per heavy atom. The lowest BCUT2D eigenvalue weighted by Crippen LogP contribution is -2.41. The number of nitrogens with zero attached hydrogens (tertiary/aromatic N) is 2. The molecule has 17 heavy (non-hydrogen) atoms. The first-order chi connectivity index (χ1) is 8.09. The van der Waals surface area contributed by atoms with Crippen LogP contribution in [0.5, 0.6) is 0 Å². The van der Waals surface area contributed by atoms with Crippen LogP contribution in [-0.2, 0) is 0 Å². The van der Waals surface area contributed by atoms with Gasteiger partial charge in [-0.25, -0.2) is 4.98 Å². The minimum Gasteiger partial charge on any atom is -0.356 e. The van der Waals surface area contributed by atoms with Crippen LogP contribution in [-0.4, -0.2) is 22.9 Å². The van der Waals surface area contributed by atoms with Crippen LogP contribution in [0.3, 0.4) is 0 Å². The van der Waals surface area contributed by atoms with Crippen LogP contribution in [0.15, 0.2) is 16.6 Å². The van der Waals surface area contributed by atoms with Gasteiger partial charge in [0.1, 0.15) is 5.82 Å². The lowest BCUT2D eigenvalue weighted by Gasteiger charge is -2.36. The number of alkyl halides is 1. The molecule has 94 valence electrons. The van der Waals surface area contributed by atoms with Gasteiger partial charge in [-0.1, -0.05) is 28.8 Å². The van der Waals surface area contributed by atoms with Crippen LogP contribution in [0.4, 0.5) is 5.82 Å². The van der Waals surface area contributed by atoms with Crippen molar-refractivity contribution < 1.29 is 0 Å². The van der Waals surface area contributed by atoms with E-state index in [2.05, 4.69) is 60.9 Å². The van der Waals surface area contributed by atoms with Gasteiger partial charge in [0.05, 0.1) is 5.69 Å². The number of hydrogen-bond donors (Lipinski definition) is 0. The molecule has 2 nitrogen and oxygen atoms in total. The molecule has 0 radical (unpaired) electrons. The van der Waals surface area contributed by atoms with E-state index in [1.807, 2.05) is 6.92 Å². The molecule has 0 aliphatic heterocycles. The molecular formula is C13H18Br2N2. The number of halogens is 2.